The van der Waals surface area contributed by atoms with E-state index in [0.717, 1.165) is 50.6 Å². The maximum Gasteiger partial charge on any atom is 0.211 e. The number of sulfonamides is 1. The van der Waals surface area contributed by atoms with Crippen LogP contribution in [0.3, 0.4) is 0 Å². The van der Waals surface area contributed by atoms with Gasteiger partial charge in [0, 0.05) is 32.7 Å². The highest BCUT2D eigenvalue weighted by Gasteiger charge is 2.24. The SMILES string of the molecule is CCNC(=NCC1CCN(S(C)(=O)=O)CC1)NCCC(C)c1ccc(OC)cc1.I. The second kappa shape index (κ2) is 13.4. The molecule has 1 aromatic rings. The van der Waals surface area contributed by atoms with Crippen molar-refractivity contribution in [1.29, 1.82) is 0 Å². The molecule has 1 heterocycles. The standard InChI is InChI=1S/C21H36N4O3S.HI/c1-5-22-21(24-16-18-11-14-25(15-12-18)29(4,26)27)23-13-10-17(2)19-6-8-20(28-3)9-7-19;/h6-9,17-18H,5,10-16H2,1-4H3,(H2,22,23,24);1H. The van der Waals surface area contributed by atoms with E-state index in [1.165, 1.54) is 11.8 Å². The first kappa shape index (κ1) is 27.0. The smallest absolute Gasteiger partial charge is 0.211 e. The zero-order valence-electron chi connectivity index (χ0n) is 18.6. The van der Waals surface area contributed by atoms with Gasteiger partial charge in [0.2, 0.25) is 10.0 Å². The topological polar surface area (TPSA) is 83.0 Å². The molecule has 172 valence electrons. The molecule has 0 radical (unpaired) electrons. The van der Waals surface area contributed by atoms with Gasteiger partial charge in [-0.15, -0.1) is 24.0 Å². The van der Waals surface area contributed by atoms with Crippen LogP contribution in [0.1, 0.15) is 44.6 Å². The second-order valence-electron chi connectivity index (χ2n) is 7.71. The fourth-order valence-electron chi connectivity index (χ4n) is 3.49. The summed E-state index contributed by atoms with van der Waals surface area (Å²) >= 11 is 0. The highest BCUT2D eigenvalue weighted by atomic mass is 127. The monoisotopic (exact) mass is 552 g/mol. The number of piperidine rings is 1. The number of nitrogens with zero attached hydrogens (tertiary/aromatic N) is 2. The van der Waals surface area contributed by atoms with Crippen LogP contribution in [-0.4, -0.2) is 64.8 Å². The molecule has 0 bridgehead atoms. The van der Waals surface area contributed by atoms with Crippen molar-refractivity contribution in [3.05, 3.63) is 29.8 Å². The van der Waals surface area contributed by atoms with E-state index in [4.69, 9.17) is 9.73 Å². The molecule has 9 heteroatoms. The van der Waals surface area contributed by atoms with E-state index < -0.39 is 10.0 Å². The Bertz CT molecular complexity index is 748. The van der Waals surface area contributed by atoms with E-state index in [2.05, 4.69) is 36.6 Å². The number of aliphatic imine (C=N–C) groups is 1. The van der Waals surface area contributed by atoms with Crippen molar-refractivity contribution in [1.82, 2.24) is 14.9 Å². The van der Waals surface area contributed by atoms with Gasteiger partial charge in [0.1, 0.15) is 5.75 Å². The van der Waals surface area contributed by atoms with Gasteiger partial charge in [-0.05, 0) is 55.7 Å². The van der Waals surface area contributed by atoms with Gasteiger partial charge in [-0.25, -0.2) is 12.7 Å². The van der Waals surface area contributed by atoms with Gasteiger partial charge in [0.05, 0.1) is 13.4 Å². The van der Waals surface area contributed by atoms with Crippen molar-refractivity contribution >= 4 is 40.0 Å². The van der Waals surface area contributed by atoms with Gasteiger partial charge in [-0.3, -0.25) is 4.99 Å². The number of halogens is 1. The van der Waals surface area contributed by atoms with Crippen LogP contribution in [0, 0.1) is 5.92 Å². The summed E-state index contributed by atoms with van der Waals surface area (Å²) in [5, 5.41) is 6.72. The van der Waals surface area contributed by atoms with Crippen LogP contribution in [0.25, 0.3) is 0 Å². The molecule has 2 N–H and O–H groups in total. The Morgan fingerprint density at radius 2 is 1.87 bits per heavy atom. The molecule has 0 aliphatic carbocycles. The molecular formula is C21H37IN4O3S. The van der Waals surface area contributed by atoms with Crippen molar-refractivity contribution in [2.45, 2.75) is 39.0 Å². The maximum atomic E-state index is 11.6. The van der Waals surface area contributed by atoms with E-state index >= 15 is 0 Å². The number of nitrogens with one attached hydrogen (secondary N) is 2. The first-order valence-corrected chi connectivity index (χ1v) is 12.3. The lowest BCUT2D eigenvalue weighted by atomic mass is 9.98. The third-order valence-electron chi connectivity index (χ3n) is 5.45. The molecule has 2 rings (SSSR count). The summed E-state index contributed by atoms with van der Waals surface area (Å²) in [5.41, 5.74) is 1.30. The molecule has 1 atom stereocenters. The van der Waals surface area contributed by atoms with Crippen molar-refractivity contribution < 1.29 is 13.2 Å². The number of benzene rings is 1. The summed E-state index contributed by atoms with van der Waals surface area (Å²) in [6, 6.07) is 8.23. The van der Waals surface area contributed by atoms with Crippen LogP contribution < -0.4 is 15.4 Å². The van der Waals surface area contributed by atoms with E-state index in [0.29, 0.717) is 24.9 Å². The third kappa shape index (κ3) is 8.97. The van der Waals surface area contributed by atoms with Crippen LogP contribution in [0.4, 0.5) is 0 Å². The molecular weight excluding hydrogens is 515 g/mol. The van der Waals surface area contributed by atoms with Crippen LogP contribution >= 0.6 is 24.0 Å². The van der Waals surface area contributed by atoms with Crippen molar-refractivity contribution in [3.63, 3.8) is 0 Å². The van der Waals surface area contributed by atoms with Crippen LogP contribution in [0.15, 0.2) is 29.3 Å². The quantitative estimate of drug-likeness (QED) is 0.280. The Labute approximate surface area is 199 Å². The van der Waals surface area contributed by atoms with Crippen LogP contribution in [-0.2, 0) is 10.0 Å². The van der Waals surface area contributed by atoms with E-state index in [9.17, 15) is 8.42 Å². The Morgan fingerprint density at radius 1 is 1.23 bits per heavy atom. The molecule has 0 aromatic heterocycles. The minimum atomic E-state index is -3.07. The number of methoxy groups -OCH3 is 1. The van der Waals surface area contributed by atoms with E-state index in [-0.39, 0.29) is 24.0 Å². The second-order valence-corrected chi connectivity index (χ2v) is 9.70. The molecule has 7 nitrogen and oxygen atoms in total. The van der Waals surface area contributed by atoms with Crippen molar-refractivity contribution in [2.75, 3.05) is 46.1 Å². The van der Waals surface area contributed by atoms with E-state index in [1.54, 1.807) is 11.4 Å². The average molecular weight is 553 g/mol. The Morgan fingerprint density at radius 3 is 2.40 bits per heavy atom. The number of hydrogen-bond donors (Lipinski definition) is 2. The Kier molecular flexibility index (Phi) is 12.0. The first-order valence-electron chi connectivity index (χ1n) is 10.4. The molecule has 1 unspecified atom stereocenters. The minimum Gasteiger partial charge on any atom is -0.497 e. The average Bonchev–Trinajstić information content (AvgIpc) is 2.71. The number of hydrogen-bond acceptors (Lipinski definition) is 4. The lowest BCUT2D eigenvalue weighted by molar-refractivity contribution is 0.280. The Hall–Kier alpha value is -1.07. The fraction of sp³-hybridized carbons (Fsp3) is 0.667. The predicted octanol–water partition coefficient (Wildman–Crippen LogP) is 3.03. The molecule has 30 heavy (non-hydrogen) atoms. The lowest BCUT2D eigenvalue weighted by Crippen LogP contribution is -2.40. The largest absolute Gasteiger partial charge is 0.497 e. The Balaban J connectivity index is 0.00000450. The molecule has 1 aliphatic heterocycles. The highest BCUT2D eigenvalue weighted by Crippen LogP contribution is 2.21. The maximum absolute atomic E-state index is 11.6. The van der Waals surface area contributed by atoms with Gasteiger partial charge in [0.15, 0.2) is 5.96 Å². The molecule has 0 spiro atoms. The summed E-state index contributed by atoms with van der Waals surface area (Å²) in [5.74, 6) is 2.58. The van der Waals surface area contributed by atoms with Gasteiger partial charge < -0.3 is 15.4 Å². The number of guanidine groups is 1. The highest BCUT2D eigenvalue weighted by molar-refractivity contribution is 14.0. The van der Waals surface area contributed by atoms with E-state index in [1.807, 2.05) is 12.1 Å². The molecule has 1 aliphatic rings. The summed E-state index contributed by atoms with van der Waals surface area (Å²) in [6.45, 7) is 7.86. The van der Waals surface area contributed by atoms with Crippen molar-refractivity contribution in [3.8, 4) is 5.75 Å². The van der Waals surface area contributed by atoms with Gasteiger partial charge in [-0.1, -0.05) is 19.1 Å². The predicted molar refractivity (Wildman–Crippen MR) is 135 cm³/mol. The van der Waals surface area contributed by atoms with Crippen molar-refractivity contribution in [2.24, 2.45) is 10.9 Å². The molecule has 1 fully saturated rings. The minimum absolute atomic E-state index is 0. The first-order chi connectivity index (χ1) is 13.8. The zero-order valence-corrected chi connectivity index (χ0v) is 21.7. The number of ether oxygens (including phenoxy) is 1. The lowest BCUT2D eigenvalue weighted by Gasteiger charge is -2.29. The molecule has 0 saturated carbocycles. The molecule has 0 amide bonds. The molecule has 1 saturated heterocycles. The van der Waals surface area contributed by atoms with Gasteiger partial charge in [0.25, 0.3) is 0 Å². The van der Waals surface area contributed by atoms with Crippen LogP contribution in [0.2, 0.25) is 0 Å². The van der Waals surface area contributed by atoms with Gasteiger partial charge >= 0.3 is 0 Å². The molecule has 1 aromatic carbocycles. The fourth-order valence-corrected chi connectivity index (χ4v) is 4.37. The van der Waals surface area contributed by atoms with Crippen LogP contribution in [0.5, 0.6) is 5.75 Å². The summed E-state index contributed by atoms with van der Waals surface area (Å²) in [4.78, 5) is 4.73. The van der Waals surface area contributed by atoms with Gasteiger partial charge in [-0.2, -0.15) is 0 Å². The summed E-state index contributed by atoms with van der Waals surface area (Å²) < 4.78 is 30.0. The summed E-state index contributed by atoms with van der Waals surface area (Å²) in [6.07, 6.45) is 4.02. The zero-order chi connectivity index (χ0) is 21.3. The summed E-state index contributed by atoms with van der Waals surface area (Å²) in [7, 11) is -1.39. The normalized spacial score (nSPS) is 17.1. The number of rotatable bonds is 9. The third-order valence-corrected chi connectivity index (χ3v) is 6.75.